The van der Waals surface area contributed by atoms with E-state index < -0.39 is 0 Å². The lowest BCUT2D eigenvalue weighted by Crippen LogP contribution is -2.34. The first-order valence-electron chi connectivity index (χ1n) is 9.93. The molecule has 0 aliphatic carbocycles. The number of amides is 1. The van der Waals surface area contributed by atoms with Gasteiger partial charge in [0.15, 0.2) is 0 Å². The molecule has 3 aromatic rings. The summed E-state index contributed by atoms with van der Waals surface area (Å²) in [6.07, 6.45) is 0.746. The van der Waals surface area contributed by atoms with Gasteiger partial charge in [-0.15, -0.1) is 0 Å². The predicted octanol–water partition coefficient (Wildman–Crippen LogP) is 5.66. The minimum absolute atomic E-state index is 0. The third-order valence-electron chi connectivity index (χ3n) is 4.50. The normalized spacial score (nSPS) is 11.1. The van der Waals surface area contributed by atoms with Gasteiger partial charge in [0.05, 0.1) is 6.61 Å². The van der Waals surface area contributed by atoms with Gasteiger partial charge in [0.2, 0.25) is 0 Å². The summed E-state index contributed by atoms with van der Waals surface area (Å²) in [5.41, 5.74) is 2.89. The van der Waals surface area contributed by atoms with Crippen LogP contribution in [-0.2, 0) is 13.0 Å². The Morgan fingerprint density at radius 1 is 0.867 bits per heavy atom. The van der Waals surface area contributed by atoms with E-state index >= 15 is 0 Å². The van der Waals surface area contributed by atoms with E-state index in [0.717, 1.165) is 23.3 Å². The molecule has 0 radical (unpaired) electrons. The molecule has 30 heavy (non-hydrogen) atoms. The first-order chi connectivity index (χ1) is 14.1. The van der Waals surface area contributed by atoms with Crippen molar-refractivity contribution in [2.24, 2.45) is 0 Å². The van der Waals surface area contributed by atoms with Gasteiger partial charge < -0.3 is 14.8 Å². The molecule has 158 valence electrons. The quantitative estimate of drug-likeness (QED) is 0.500. The van der Waals surface area contributed by atoms with E-state index in [4.69, 9.17) is 9.47 Å². The molecule has 1 amide bonds. The monoisotopic (exact) mass is 405 g/mol. The minimum Gasteiger partial charge on any atom is -0.494 e. The maximum atomic E-state index is 12.5. The first kappa shape index (κ1) is 23.0. The van der Waals surface area contributed by atoms with Gasteiger partial charge in [0, 0.05) is 11.6 Å². The lowest BCUT2D eigenvalue weighted by Gasteiger charge is -2.15. The smallest absolute Gasteiger partial charge is 0.251 e. The van der Waals surface area contributed by atoms with E-state index in [1.807, 2.05) is 80.6 Å². The molecule has 3 rings (SSSR count). The molecule has 1 N–H and O–H groups in total. The first-order valence-corrected chi connectivity index (χ1v) is 9.93. The fourth-order valence-corrected chi connectivity index (χ4v) is 3.07. The molecule has 0 spiro atoms. The second-order valence-corrected chi connectivity index (χ2v) is 6.96. The van der Waals surface area contributed by atoms with E-state index in [0.29, 0.717) is 24.5 Å². The van der Waals surface area contributed by atoms with Crippen LogP contribution >= 0.6 is 0 Å². The zero-order valence-electron chi connectivity index (χ0n) is 16.9. The Hall–Kier alpha value is -3.27. The van der Waals surface area contributed by atoms with Gasteiger partial charge in [-0.1, -0.05) is 56.0 Å². The highest BCUT2D eigenvalue weighted by Crippen LogP contribution is 2.16. The van der Waals surface area contributed by atoms with Crippen molar-refractivity contribution in [1.82, 2.24) is 5.32 Å². The van der Waals surface area contributed by atoms with E-state index in [1.165, 1.54) is 0 Å². The summed E-state index contributed by atoms with van der Waals surface area (Å²) in [7, 11) is 0. The maximum Gasteiger partial charge on any atom is 0.251 e. The molecule has 0 aliphatic heterocycles. The van der Waals surface area contributed by atoms with Crippen LogP contribution in [0.1, 0.15) is 42.8 Å². The van der Waals surface area contributed by atoms with Gasteiger partial charge in [-0.3, -0.25) is 4.79 Å². The van der Waals surface area contributed by atoms with Crippen LogP contribution < -0.4 is 14.8 Å². The van der Waals surface area contributed by atoms with E-state index in [2.05, 4.69) is 5.32 Å². The predicted molar refractivity (Wildman–Crippen MR) is 122 cm³/mol. The summed E-state index contributed by atoms with van der Waals surface area (Å²) in [4.78, 5) is 12.5. The Morgan fingerprint density at radius 2 is 1.60 bits per heavy atom. The second kappa shape index (κ2) is 11.7. The summed E-state index contributed by atoms with van der Waals surface area (Å²) in [6.45, 7) is 5.05. The molecule has 0 saturated heterocycles. The molecule has 0 saturated carbocycles. The molecule has 0 fully saturated rings. The van der Waals surface area contributed by atoms with Crippen LogP contribution in [-0.4, -0.2) is 18.6 Å². The number of hydrogen-bond acceptors (Lipinski definition) is 3. The fraction of sp³-hybridized carbons (Fsp3) is 0.269. The topological polar surface area (TPSA) is 47.6 Å². The van der Waals surface area contributed by atoms with Crippen molar-refractivity contribution in [1.29, 1.82) is 0 Å². The average molecular weight is 406 g/mol. The third-order valence-corrected chi connectivity index (χ3v) is 4.50. The molecule has 0 heterocycles. The van der Waals surface area contributed by atoms with Crippen LogP contribution in [0.2, 0.25) is 0 Å². The summed E-state index contributed by atoms with van der Waals surface area (Å²) in [5.74, 6) is 1.45. The van der Waals surface area contributed by atoms with Gasteiger partial charge in [0.25, 0.3) is 5.91 Å². The molecule has 0 bridgehead atoms. The Labute approximate surface area is 179 Å². The minimum atomic E-state index is -0.0955. The Bertz CT molecular complexity index is 907. The van der Waals surface area contributed by atoms with E-state index in [-0.39, 0.29) is 19.4 Å². The van der Waals surface area contributed by atoms with Crippen LogP contribution in [0.4, 0.5) is 0 Å². The standard InChI is InChI=1S/C25H27NO3.CH4/c1-3-28-24-11-7-10-22(17-24)25(27)26-19(2)16-20-12-14-23(15-13-20)29-18-21-8-5-4-6-9-21;/h4-15,17,19H,3,16,18H2,1-2H3,(H,26,27);1H4/t19-;/m1./s1. The lowest BCUT2D eigenvalue weighted by atomic mass is 10.1. The van der Waals surface area contributed by atoms with E-state index in [9.17, 15) is 4.79 Å². The number of carbonyl (C=O) groups excluding carboxylic acids is 1. The van der Waals surface area contributed by atoms with Crippen molar-refractivity contribution < 1.29 is 14.3 Å². The molecule has 4 heteroatoms. The van der Waals surface area contributed by atoms with E-state index in [1.54, 1.807) is 12.1 Å². The largest absolute Gasteiger partial charge is 0.494 e. The number of nitrogens with one attached hydrogen (secondary N) is 1. The van der Waals surface area contributed by atoms with Crippen LogP contribution in [0.3, 0.4) is 0 Å². The van der Waals surface area contributed by atoms with Gasteiger partial charge in [-0.05, 0) is 61.7 Å². The highest BCUT2D eigenvalue weighted by molar-refractivity contribution is 5.94. The summed E-state index contributed by atoms with van der Waals surface area (Å²) in [6, 6.07) is 25.4. The Balaban J connectivity index is 0.00000320. The zero-order valence-corrected chi connectivity index (χ0v) is 16.9. The number of rotatable bonds is 9. The molecule has 0 aromatic heterocycles. The molecule has 0 unspecified atom stereocenters. The molecular formula is C26H31NO3. The van der Waals surface area contributed by atoms with Gasteiger partial charge in [-0.2, -0.15) is 0 Å². The highest BCUT2D eigenvalue weighted by atomic mass is 16.5. The van der Waals surface area contributed by atoms with Crippen molar-refractivity contribution in [3.8, 4) is 11.5 Å². The molecule has 3 aromatic carbocycles. The summed E-state index contributed by atoms with van der Waals surface area (Å²) < 4.78 is 11.3. The fourth-order valence-electron chi connectivity index (χ4n) is 3.07. The van der Waals surface area contributed by atoms with Crippen molar-refractivity contribution in [3.05, 3.63) is 95.6 Å². The van der Waals surface area contributed by atoms with Crippen LogP contribution in [0.25, 0.3) is 0 Å². The number of benzene rings is 3. The number of carbonyl (C=O) groups is 1. The SMILES string of the molecule is C.CCOc1cccc(C(=O)N[C@H](C)Cc2ccc(OCc3ccccc3)cc2)c1. The molecule has 4 nitrogen and oxygen atoms in total. The van der Waals surface area contributed by atoms with Gasteiger partial charge >= 0.3 is 0 Å². The Morgan fingerprint density at radius 3 is 2.30 bits per heavy atom. The highest BCUT2D eigenvalue weighted by Gasteiger charge is 2.11. The molecular weight excluding hydrogens is 374 g/mol. The van der Waals surface area contributed by atoms with Crippen molar-refractivity contribution in [3.63, 3.8) is 0 Å². The zero-order chi connectivity index (χ0) is 20.5. The number of ether oxygens (including phenoxy) is 2. The van der Waals surface area contributed by atoms with Crippen molar-refractivity contribution in [2.45, 2.75) is 40.3 Å². The van der Waals surface area contributed by atoms with Crippen molar-refractivity contribution in [2.75, 3.05) is 6.61 Å². The molecule has 1 atom stereocenters. The maximum absolute atomic E-state index is 12.5. The third kappa shape index (κ3) is 6.96. The van der Waals surface area contributed by atoms with Gasteiger partial charge in [-0.25, -0.2) is 0 Å². The summed E-state index contributed by atoms with van der Waals surface area (Å²) in [5, 5.41) is 3.05. The Kier molecular flexibility index (Phi) is 8.95. The van der Waals surface area contributed by atoms with Crippen LogP contribution in [0.5, 0.6) is 11.5 Å². The molecule has 0 aliphatic rings. The van der Waals surface area contributed by atoms with Gasteiger partial charge in [0.1, 0.15) is 18.1 Å². The number of hydrogen-bond donors (Lipinski definition) is 1. The van der Waals surface area contributed by atoms with Crippen molar-refractivity contribution >= 4 is 5.91 Å². The van der Waals surface area contributed by atoms with Crippen LogP contribution in [0, 0.1) is 0 Å². The lowest BCUT2D eigenvalue weighted by molar-refractivity contribution is 0.0939. The average Bonchev–Trinajstić information content (AvgIpc) is 2.74. The second-order valence-electron chi connectivity index (χ2n) is 6.96. The van der Waals surface area contributed by atoms with Crippen LogP contribution in [0.15, 0.2) is 78.9 Å². The summed E-state index contributed by atoms with van der Waals surface area (Å²) >= 11 is 0.